The lowest BCUT2D eigenvalue weighted by atomic mass is 9.89. The van der Waals surface area contributed by atoms with E-state index in [4.69, 9.17) is 0 Å². The first-order valence-corrected chi connectivity index (χ1v) is 12.0. The lowest BCUT2D eigenvalue weighted by Crippen LogP contribution is -2.29. The Bertz CT molecular complexity index is 1500. The zero-order chi connectivity index (χ0) is 22.8. The quantitative estimate of drug-likeness (QED) is 0.302. The molecule has 4 aromatic carbocycles. The summed E-state index contributed by atoms with van der Waals surface area (Å²) in [6.45, 7) is 0. The molecule has 6 aliphatic rings. The molecule has 3 nitrogen and oxygen atoms in total. The van der Waals surface area contributed by atoms with Crippen LogP contribution < -0.4 is 4.90 Å². The highest BCUT2D eigenvalue weighted by atomic mass is 16.2. The summed E-state index contributed by atoms with van der Waals surface area (Å²) >= 11 is 0. The molecule has 0 fully saturated rings. The maximum Gasteiger partial charge on any atom is 0.266 e. The average molecular weight is 442 g/mol. The minimum absolute atomic E-state index is 0.200. The van der Waals surface area contributed by atoms with Gasteiger partial charge in [0.1, 0.15) is 0 Å². The van der Waals surface area contributed by atoms with Gasteiger partial charge in [0, 0.05) is 0 Å². The largest absolute Gasteiger partial charge is 0.268 e. The van der Waals surface area contributed by atoms with Crippen LogP contribution >= 0.6 is 0 Å². The molecule has 0 aromatic heterocycles. The number of benzene rings is 4. The van der Waals surface area contributed by atoms with Crippen molar-refractivity contribution >= 4 is 17.5 Å². The van der Waals surface area contributed by atoms with E-state index in [-0.39, 0.29) is 11.8 Å². The first-order valence-electron chi connectivity index (χ1n) is 12.0. The fourth-order valence-corrected chi connectivity index (χ4v) is 5.95. The Morgan fingerprint density at radius 3 is 1.91 bits per heavy atom. The predicted molar refractivity (Wildman–Crippen MR) is 134 cm³/mol. The topological polar surface area (TPSA) is 37.4 Å². The van der Waals surface area contributed by atoms with E-state index in [0.29, 0.717) is 16.8 Å². The number of amides is 2. The number of imide groups is 1. The normalized spacial score (nSPS) is 15.7. The molecule has 2 amide bonds. The van der Waals surface area contributed by atoms with Crippen LogP contribution in [-0.4, -0.2) is 11.8 Å². The Labute approximate surface area is 198 Å². The number of nitrogens with zero attached hydrogens (tertiary/aromatic N) is 1. The van der Waals surface area contributed by atoms with Crippen LogP contribution in [0.2, 0.25) is 0 Å². The van der Waals surface area contributed by atoms with Crippen molar-refractivity contribution in [3.63, 3.8) is 0 Å². The second-order valence-corrected chi connectivity index (χ2v) is 9.53. The highest BCUT2D eigenvalue weighted by Crippen LogP contribution is 2.46. The van der Waals surface area contributed by atoms with Gasteiger partial charge in [-0.3, -0.25) is 9.59 Å². The van der Waals surface area contributed by atoms with Crippen LogP contribution in [0.25, 0.3) is 11.1 Å². The van der Waals surface area contributed by atoms with Crippen molar-refractivity contribution < 1.29 is 9.59 Å². The fourth-order valence-electron chi connectivity index (χ4n) is 5.95. The van der Waals surface area contributed by atoms with Gasteiger partial charge in [0.05, 0.1) is 16.8 Å². The molecule has 0 saturated heterocycles. The van der Waals surface area contributed by atoms with Gasteiger partial charge in [-0.1, -0.05) is 60.7 Å². The molecule has 1 heterocycles. The summed E-state index contributed by atoms with van der Waals surface area (Å²) < 4.78 is 0. The molecule has 4 aromatic rings. The second kappa shape index (κ2) is 7.26. The highest BCUT2D eigenvalue weighted by molar-refractivity contribution is 6.35. The van der Waals surface area contributed by atoms with Crippen LogP contribution in [0.15, 0.2) is 78.9 Å². The molecule has 4 bridgehead atoms. The number of rotatable bonds is 1. The molecule has 0 spiro atoms. The number of aryl methyl sites for hydroxylation is 4. The van der Waals surface area contributed by atoms with E-state index in [1.807, 2.05) is 36.4 Å². The van der Waals surface area contributed by atoms with Gasteiger partial charge in [-0.2, -0.15) is 0 Å². The standard InChI is InChI=1S/C31H23NO2/c33-30-25-17-16-24-27(29(25)31(34)32(30)23-4-2-1-3-5-23)18-26-21-12-10-19-6-8-20(9-7-19)11-13-22(15-14-21)28(24)26/h1-9,14-17H,10-13,18H2. The van der Waals surface area contributed by atoms with Crippen LogP contribution in [0.5, 0.6) is 0 Å². The summed E-state index contributed by atoms with van der Waals surface area (Å²) in [7, 11) is 0. The number of anilines is 1. The number of hydrogen-bond acceptors (Lipinski definition) is 2. The number of hydrogen-bond donors (Lipinski definition) is 0. The Morgan fingerprint density at radius 1 is 0.529 bits per heavy atom. The van der Waals surface area contributed by atoms with Crippen LogP contribution in [0.4, 0.5) is 5.69 Å². The van der Waals surface area contributed by atoms with Crippen molar-refractivity contribution in [3.05, 3.63) is 123 Å². The predicted octanol–water partition coefficient (Wildman–Crippen LogP) is 5.94. The molecule has 34 heavy (non-hydrogen) atoms. The fraction of sp³-hybridized carbons (Fsp3) is 0.161. The third-order valence-corrected chi connectivity index (χ3v) is 7.69. The van der Waals surface area contributed by atoms with Crippen LogP contribution in [0, 0.1) is 0 Å². The van der Waals surface area contributed by atoms with E-state index in [0.717, 1.165) is 43.2 Å². The van der Waals surface area contributed by atoms with Gasteiger partial charge in [-0.05, 0) is 94.8 Å². The maximum atomic E-state index is 13.6. The molecule has 0 N–H and O–H groups in total. The van der Waals surface area contributed by atoms with Crippen molar-refractivity contribution in [2.24, 2.45) is 0 Å². The molecule has 1 aliphatic heterocycles. The Hall–Kier alpha value is -3.98. The third-order valence-electron chi connectivity index (χ3n) is 7.69. The van der Waals surface area contributed by atoms with E-state index in [1.54, 1.807) is 0 Å². The maximum absolute atomic E-state index is 13.6. The van der Waals surface area contributed by atoms with E-state index in [1.165, 1.54) is 38.3 Å². The van der Waals surface area contributed by atoms with E-state index in [2.05, 4.69) is 42.5 Å². The van der Waals surface area contributed by atoms with Gasteiger partial charge in [0.2, 0.25) is 0 Å². The molecule has 3 heteroatoms. The van der Waals surface area contributed by atoms with Crippen molar-refractivity contribution in [2.45, 2.75) is 32.1 Å². The zero-order valence-corrected chi connectivity index (χ0v) is 18.8. The number of para-hydroxylation sites is 1. The molecular weight excluding hydrogens is 418 g/mol. The number of carbonyl (C=O) groups excluding carboxylic acids is 2. The van der Waals surface area contributed by atoms with Gasteiger partial charge in [0.15, 0.2) is 0 Å². The molecule has 164 valence electrons. The van der Waals surface area contributed by atoms with Crippen molar-refractivity contribution in [3.8, 4) is 11.1 Å². The van der Waals surface area contributed by atoms with Gasteiger partial charge >= 0.3 is 0 Å². The molecule has 0 atom stereocenters. The monoisotopic (exact) mass is 441 g/mol. The molecule has 10 rings (SSSR count). The third kappa shape index (κ3) is 2.76. The summed E-state index contributed by atoms with van der Waals surface area (Å²) in [6, 6.07) is 26.8. The van der Waals surface area contributed by atoms with Crippen molar-refractivity contribution in [1.29, 1.82) is 0 Å². The minimum atomic E-state index is -0.224. The first kappa shape index (κ1) is 19.5. The van der Waals surface area contributed by atoms with Crippen molar-refractivity contribution in [1.82, 2.24) is 0 Å². The van der Waals surface area contributed by atoms with Gasteiger partial charge < -0.3 is 0 Å². The Kier molecular flexibility index (Phi) is 4.16. The van der Waals surface area contributed by atoms with Gasteiger partial charge in [0.25, 0.3) is 11.8 Å². The smallest absolute Gasteiger partial charge is 0.266 e. The lowest BCUT2D eigenvalue weighted by molar-refractivity contribution is 0.0926. The summed E-state index contributed by atoms with van der Waals surface area (Å²) in [6.07, 6.45) is 4.64. The van der Waals surface area contributed by atoms with Gasteiger partial charge in [-0.15, -0.1) is 0 Å². The van der Waals surface area contributed by atoms with Crippen LogP contribution in [0.1, 0.15) is 54.1 Å². The van der Waals surface area contributed by atoms with E-state index >= 15 is 0 Å². The highest BCUT2D eigenvalue weighted by Gasteiger charge is 2.41. The zero-order valence-electron chi connectivity index (χ0n) is 18.8. The van der Waals surface area contributed by atoms with Gasteiger partial charge in [-0.25, -0.2) is 4.90 Å². The van der Waals surface area contributed by atoms with Crippen LogP contribution in [0.3, 0.4) is 0 Å². The number of fused-ring (bicyclic) bond motifs is 3. The Balaban J connectivity index is 1.37. The SMILES string of the molecule is O=C1c2ccc3c(c2C(=O)N1c1ccccc1)Cc1c2ccc(c1-3)CCc1ccc(cc1)CC2. The average Bonchev–Trinajstić information content (AvgIpc) is 3.37. The molecule has 0 saturated carbocycles. The van der Waals surface area contributed by atoms with Crippen molar-refractivity contribution in [2.75, 3.05) is 4.90 Å². The lowest BCUT2D eigenvalue weighted by Gasteiger charge is -2.16. The summed E-state index contributed by atoms with van der Waals surface area (Å²) in [4.78, 5) is 28.2. The molecular formula is C31H23NO2. The summed E-state index contributed by atoms with van der Waals surface area (Å²) in [5, 5.41) is 0. The minimum Gasteiger partial charge on any atom is -0.268 e. The molecule has 0 unspecified atom stereocenters. The Morgan fingerprint density at radius 2 is 1.18 bits per heavy atom. The summed E-state index contributed by atoms with van der Waals surface area (Å²) in [5.74, 6) is -0.424. The van der Waals surface area contributed by atoms with E-state index in [9.17, 15) is 9.59 Å². The number of carbonyl (C=O) groups is 2. The first-order chi connectivity index (χ1) is 16.7. The molecule has 0 radical (unpaired) electrons. The van der Waals surface area contributed by atoms with Crippen LogP contribution in [-0.2, 0) is 32.1 Å². The second-order valence-electron chi connectivity index (χ2n) is 9.53. The summed E-state index contributed by atoms with van der Waals surface area (Å²) in [5.41, 5.74) is 11.9. The van der Waals surface area contributed by atoms with E-state index < -0.39 is 0 Å². The molecule has 5 aliphatic carbocycles.